The van der Waals surface area contributed by atoms with E-state index in [1.54, 1.807) is 0 Å². The van der Waals surface area contributed by atoms with E-state index in [0.717, 1.165) is 69.9 Å². The molecule has 0 atom stereocenters. The van der Waals surface area contributed by atoms with Gasteiger partial charge in [0.25, 0.3) is 5.91 Å². The van der Waals surface area contributed by atoms with Gasteiger partial charge in [0, 0.05) is 48.8 Å². The van der Waals surface area contributed by atoms with E-state index in [2.05, 4.69) is 27.0 Å². The first-order valence-electron chi connectivity index (χ1n) is 9.43. The lowest BCUT2D eigenvalue weighted by molar-refractivity contribution is 0.0632. The molecule has 0 radical (unpaired) electrons. The topological polar surface area (TPSA) is 49.3 Å². The third-order valence-electron chi connectivity index (χ3n) is 5.26. The van der Waals surface area contributed by atoms with Crippen LogP contribution in [-0.2, 0) is 6.54 Å². The predicted octanol–water partition coefficient (Wildman–Crippen LogP) is 4.23. The van der Waals surface area contributed by atoms with E-state index in [0.29, 0.717) is 0 Å². The third-order valence-corrected chi connectivity index (χ3v) is 6.68. The van der Waals surface area contributed by atoms with Gasteiger partial charge in [0.15, 0.2) is 0 Å². The summed E-state index contributed by atoms with van der Waals surface area (Å²) in [5, 5.41) is 1.79. The quantitative estimate of drug-likeness (QED) is 0.643. The lowest BCUT2D eigenvalue weighted by Crippen LogP contribution is -2.48. The Bertz CT molecular complexity index is 1020. The van der Waals surface area contributed by atoms with Crippen LogP contribution in [0.15, 0.2) is 24.3 Å². The molecule has 0 bridgehead atoms. The normalized spacial score (nSPS) is 15.4. The minimum Gasteiger partial charge on any atom is -0.335 e. The summed E-state index contributed by atoms with van der Waals surface area (Å²) in [6, 6.07) is 7.97. The van der Waals surface area contributed by atoms with Gasteiger partial charge in [-0.25, -0.2) is 9.97 Å². The van der Waals surface area contributed by atoms with Gasteiger partial charge in [0.1, 0.15) is 10.7 Å². The molecule has 0 N–H and O–H groups in total. The highest BCUT2D eigenvalue weighted by Crippen LogP contribution is 2.32. The van der Waals surface area contributed by atoms with Gasteiger partial charge in [0.05, 0.1) is 4.88 Å². The van der Waals surface area contributed by atoms with Crippen molar-refractivity contribution in [3.05, 3.63) is 56.8 Å². The molecule has 2 aromatic heterocycles. The zero-order chi connectivity index (χ0) is 19.8. The van der Waals surface area contributed by atoms with Crippen molar-refractivity contribution in [3.8, 4) is 0 Å². The van der Waals surface area contributed by atoms with Crippen LogP contribution in [0, 0.1) is 20.8 Å². The molecule has 28 heavy (non-hydrogen) atoms. The number of benzene rings is 1. The van der Waals surface area contributed by atoms with Crippen molar-refractivity contribution in [1.29, 1.82) is 0 Å². The molecule has 1 aromatic carbocycles. The summed E-state index contributed by atoms with van der Waals surface area (Å²) < 4.78 is 0. The first kappa shape index (κ1) is 19.3. The molecule has 0 spiro atoms. The fourth-order valence-corrected chi connectivity index (χ4v) is 5.15. The van der Waals surface area contributed by atoms with Crippen LogP contribution in [-0.4, -0.2) is 51.9 Å². The Balaban J connectivity index is 1.45. The van der Waals surface area contributed by atoms with E-state index >= 15 is 0 Å². The van der Waals surface area contributed by atoms with Crippen LogP contribution in [0.25, 0.3) is 10.2 Å². The molecule has 0 unspecified atom stereocenters. The molecule has 3 heterocycles. The van der Waals surface area contributed by atoms with E-state index in [4.69, 9.17) is 11.6 Å². The van der Waals surface area contributed by atoms with Crippen LogP contribution in [0.3, 0.4) is 0 Å². The molecule has 3 aromatic rings. The summed E-state index contributed by atoms with van der Waals surface area (Å²) in [6.45, 7) is 9.99. The molecule has 1 amide bonds. The lowest BCUT2D eigenvalue weighted by atomic mass is 10.1. The zero-order valence-electron chi connectivity index (χ0n) is 16.3. The number of aromatic nitrogens is 2. The second-order valence-electron chi connectivity index (χ2n) is 7.29. The van der Waals surface area contributed by atoms with Crippen molar-refractivity contribution < 1.29 is 4.79 Å². The molecular weight excluding hydrogens is 392 g/mol. The highest BCUT2D eigenvalue weighted by Gasteiger charge is 2.26. The van der Waals surface area contributed by atoms with E-state index in [1.807, 2.05) is 37.8 Å². The Hall–Kier alpha value is -2.02. The van der Waals surface area contributed by atoms with Gasteiger partial charge in [-0.15, -0.1) is 11.3 Å². The van der Waals surface area contributed by atoms with Crippen molar-refractivity contribution in [2.75, 3.05) is 26.2 Å². The smallest absolute Gasteiger partial charge is 0.264 e. The van der Waals surface area contributed by atoms with E-state index in [9.17, 15) is 4.79 Å². The number of thiophene rings is 1. The van der Waals surface area contributed by atoms with Gasteiger partial charge in [-0.1, -0.05) is 23.7 Å². The monoisotopic (exact) mass is 414 g/mol. The molecule has 1 aliphatic heterocycles. The van der Waals surface area contributed by atoms with Crippen molar-refractivity contribution in [3.63, 3.8) is 0 Å². The first-order valence-corrected chi connectivity index (χ1v) is 10.6. The molecule has 0 saturated carbocycles. The molecule has 1 aliphatic rings. The molecule has 146 valence electrons. The Morgan fingerprint density at radius 3 is 2.43 bits per heavy atom. The van der Waals surface area contributed by atoms with Crippen LogP contribution < -0.4 is 0 Å². The molecule has 1 saturated heterocycles. The zero-order valence-corrected chi connectivity index (χ0v) is 17.9. The summed E-state index contributed by atoms with van der Waals surface area (Å²) in [6.07, 6.45) is 0. The minimum atomic E-state index is 0.115. The highest BCUT2D eigenvalue weighted by molar-refractivity contribution is 7.20. The number of rotatable bonds is 3. The number of amides is 1. The van der Waals surface area contributed by atoms with Crippen LogP contribution in [0.2, 0.25) is 5.02 Å². The number of nitrogens with zero attached hydrogens (tertiary/aromatic N) is 4. The molecule has 1 fully saturated rings. The van der Waals surface area contributed by atoms with Gasteiger partial charge in [0.2, 0.25) is 0 Å². The second kappa shape index (κ2) is 7.78. The molecule has 4 rings (SSSR count). The van der Waals surface area contributed by atoms with Crippen LogP contribution in [0.1, 0.15) is 32.3 Å². The van der Waals surface area contributed by atoms with Crippen LogP contribution in [0.5, 0.6) is 0 Å². The summed E-state index contributed by atoms with van der Waals surface area (Å²) in [5.74, 6) is 0.866. The average Bonchev–Trinajstić information content (AvgIpc) is 3.00. The number of carbonyl (C=O) groups excluding carboxylic acids is 1. The predicted molar refractivity (Wildman–Crippen MR) is 114 cm³/mol. The maximum Gasteiger partial charge on any atom is 0.264 e. The van der Waals surface area contributed by atoms with E-state index in [-0.39, 0.29) is 5.91 Å². The number of aryl methyl sites for hydroxylation is 3. The Kier molecular flexibility index (Phi) is 5.36. The Labute approximate surface area is 174 Å². The number of fused-ring (bicyclic) bond motifs is 1. The molecule has 7 heteroatoms. The van der Waals surface area contributed by atoms with Gasteiger partial charge >= 0.3 is 0 Å². The standard InChI is InChI=1S/C21H23ClN4OS/c1-13-18-14(2)23-15(3)24-20(18)28-19(13)21(27)26-10-8-25(9-11-26)12-16-4-6-17(22)7-5-16/h4-7H,8-12H2,1-3H3. The van der Waals surface area contributed by atoms with Gasteiger partial charge in [-0.05, 0) is 44.0 Å². The fourth-order valence-electron chi connectivity index (χ4n) is 3.78. The SMILES string of the molecule is Cc1nc(C)c2c(C)c(C(=O)N3CCN(Cc4ccc(Cl)cc4)CC3)sc2n1. The maximum atomic E-state index is 13.1. The third kappa shape index (κ3) is 3.77. The van der Waals surface area contributed by atoms with Gasteiger partial charge < -0.3 is 4.90 Å². The van der Waals surface area contributed by atoms with E-state index in [1.165, 1.54) is 16.9 Å². The molecule has 5 nitrogen and oxygen atoms in total. The van der Waals surface area contributed by atoms with Crippen LogP contribution in [0.4, 0.5) is 0 Å². The number of carbonyl (C=O) groups is 1. The number of piperazine rings is 1. The second-order valence-corrected chi connectivity index (χ2v) is 8.72. The summed E-state index contributed by atoms with van der Waals surface area (Å²) in [7, 11) is 0. The average molecular weight is 415 g/mol. The highest BCUT2D eigenvalue weighted by atomic mass is 35.5. The maximum absolute atomic E-state index is 13.1. The van der Waals surface area contributed by atoms with Crippen molar-refractivity contribution in [1.82, 2.24) is 19.8 Å². The van der Waals surface area contributed by atoms with Crippen molar-refractivity contribution >= 4 is 39.1 Å². The van der Waals surface area contributed by atoms with Crippen molar-refractivity contribution in [2.24, 2.45) is 0 Å². The summed E-state index contributed by atoms with van der Waals surface area (Å²) >= 11 is 7.45. The van der Waals surface area contributed by atoms with Gasteiger partial charge in [-0.2, -0.15) is 0 Å². The summed E-state index contributed by atoms with van der Waals surface area (Å²) in [5.41, 5.74) is 3.20. The summed E-state index contributed by atoms with van der Waals surface area (Å²) in [4.78, 5) is 28.2. The number of hydrogen-bond donors (Lipinski definition) is 0. The molecule has 0 aliphatic carbocycles. The van der Waals surface area contributed by atoms with Crippen LogP contribution >= 0.6 is 22.9 Å². The number of halogens is 1. The first-order chi connectivity index (χ1) is 13.4. The fraction of sp³-hybridized carbons (Fsp3) is 0.381. The Morgan fingerprint density at radius 2 is 1.75 bits per heavy atom. The van der Waals surface area contributed by atoms with Crippen molar-refractivity contribution in [2.45, 2.75) is 27.3 Å². The largest absolute Gasteiger partial charge is 0.335 e. The lowest BCUT2D eigenvalue weighted by Gasteiger charge is -2.34. The minimum absolute atomic E-state index is 0.115. The van der Waals surface area contributed by atoms with E-state index < -0.39 is 0 Å². The molecular formula is C21H23ClN4OS. The van der Waals surface area contributed by atoms with Gasteiger partial charge in [-0.3, -0.25) is 9.69 Å². The Morgan fingerprint density at radius 1 is 1.07 bits per heavy atom. The number of hydrogen-bond acceptors (Lipinski definition) is 5.